The van der Waals surface area contributed by atoms with E-state index in [9.17, 15) is 19.2 Å². The molecule has 0 radical (unpaired) electrons. The van der Waals surface area contributed by atoms with Crippen molar-refractivity contribution in [3.8, 4) is 0 Å². The summed E-state index contributed by atoms with van der Waals surface area (Å²) in [4.78, 5) is 50.2. The number of carbonyl (C=O) groups excluding carboxylic acids is 4. The van der Waals surface area contributed by atoms with Crippen molar-refractivity contribution >= 4 is 23.6 Å². The van der Waals surface area contributed by atoms with E-state index in [1.165, 1.54) is 17.5 Å². The number of benzene rings is 2. The summed E-state index contributed by atoms with van der Waals surface area (Å²) in [6, 6.07) is 14.8. The maximum atomic E-state index is 12.9. The van der Waals surface area contributed by atoms with Crippen LogP contribution in [0.4, 0.5) is 4.79 Å². The van der Waals surface area contributed by atoms with Crippen molar-refractivity contribution in [2.24, 2.45) is 0 Å². The van der Waals surface area contributed by atoms with Gasteiger partial charge in [-0.15, -0.1) is 0 Å². The highest BCUT2D eigenvalue weighted by Crippen LogP contribution is 2.24. The summed E-state index contributed by atoms with van der Waals surface area (Å²) in [7, 11) is 0. The fourth-order valence-corrected chi connectivity index (χ4v) is 4.45. The molecule has 33 heavy (non-hydrogen) atoms. The van der Waals surface area contributed by atoms with Crippen LogP contribution < -0.4 is 10.7 Å². The molecule has 0 bridgehead atoms. The van der Waals surface area contributed by atoms with Crippen LogP contribution in [0.25, 0.3) is 0 Å². The fraction of sp³-hybridized carbons (Fsp3) is 0.385. The van der Waals surface area contributed by atoms with Crippen molar-refractivity contribution in [2.45, 2.75) is 63.8 Å². The highest BCUT2D eigenvalue weighted by Gasteiger charge is 2.48. The van der Waals surface area contributed by atoms with Gasteiger partial charge in [-0.1, -0.05) is 42.5 Å². The third kappa shape index (κ3) is 5.13. The number of hydrazine groups is 1. The summed E-state index contributed by atoms with van der Waals surface area (Å²) in [5, 5.41) is 3.41. The lowest BCUT2D eigenvalue weighted by Crippen LogP contribution is -2.49. The quantitative estimate of drug-likeness (QED) is 0.478. The van der Waals surface area contributed by atoms with Crippen LogP contribution in [-0.4, -0.2) is 34.2 Å². The molecule has 1 heterocycles. The normalized spacial score (nSPS) is 19.7. The molecule has 1 saturated heterocycles. The van der Waals surface area contributed by atoms with Crippen LogP contribution in [0.2, 0.25) is 0 Å². The number of hydrogen-bond donors (Lipinski definition) is 2. The van der Waals surface area contributed by atoms with Crippen LogP contribution >= 0.6 is 0 Å². The topological polar surface area (TPSA) is 95.6 Å². The Labute approximate surface area is 193 Å². The molecule has 2 aromatic rings. The van der Waals surface area contributed by atoms with Crippen LogP contribution in [0.1, 0.15) is 66.1 Å². The Morgan fingerprint density at radius 3 is 2.48 bits per heavy atom. The molecule has 7 heteroatoms. The molecule has 2 aromatic carbocycles. The van der Waals surface area contributed by atoms with Crippen LogP contribution in [0.3, 0.4) is 0 Å². The van der Waals surface area contributed by atoms with Gasteiger partial charge in [-0.2, -0.15) is 5.01 Å². The molecule has 0 unspecified atom stereocenters. The van der Waals surface area contributed by atoms with E-state index in [2.05, 4.69) is 10.7 Å². The molecule has 7 nitrogen and oxygen atoms in total. The molecule has 2 N–H and O–H groups in total. The minimum Gasteiger partial charge on any atom is -0.322 e. The van der Waals surface area contributed by atoms with Crippen LogP contribution in [0.5, 0.6) is 0 Å². The first-order valence-corrected chi connectivity index (χ1v) is 11.5. The third-order valence-electron chi connectivity index (χ3n) is 6.50. The zero-order valence-electron chi connectivity index (χ0n) is 18.9. The largest absolute Gasteiger partial charge is 0.344 e. The summed E-state index contributed by atoms with van der Waals surface area (Å²) >= 11 is 0. The molecule has 1 aliphatic carbocycles. The van der Waals surface area contributed by atoms with Gasteiger partial charge in [0.05, 0.1) is 0 Å². The second kappa shape index (κ2) is 9.57. The molecule has 4 rings (SSSR count). The van der Waals surface area contributed by atoms with Crippen molar-refractivity contribution in [3.63, 3.8) is 0 Å². The Balaban J connectivity index is 1.30. The maximum Gasteiger partial charge on any atom is 0.344 e. The zero-order valence-corrected chi connectivity index (χ0v) is 18.9. The van der Waals surface area contributed by atoms with Crippen molar-refractivity contribution < 1.29 is 19.2 Å². The van der Waals surface area contributed by atoms with Gasteiger partial charge in [0, 0.05) is 18.4 Å². The Morgan fingerprint density at radius 1 is 1.00 bits per heavy atom. The SMILES string of the molecule is C[C@]1(CCc2ccccc2)NC(=O)N(NC(=O)CCC(=O)c2ccc3c(c2)CCCC3)C1=O. The average Bonchev–Trinajstić information content (AvgIpc) is 3.04. The number of ketones is 1. The second-order valence-corrected chi connectivity index (χ2v) is 9.04. The molecule has 4 amide bonds. The van der Waals surface area contributed by atoms with E-state index in [1.807, 2.05) is 48.5 Å². The van der Waals surface area contributed by atoms with E-state index in [0.717, 1.165) is 29.8 Å². The van der Waals surface area contributed by atoms with Gasteiger partial charge >= 0.3 is 6.03 Å². The first-order valence-electron chi connectivity index (χ1n) is 11.5. The van der Waals surface area contributed by atoms with Crippen LogP contribution in [0.15, 0.2) is 48.5 Å². The number of Topliss-reactive ketones (excluding diaryl/α,β-unsaturated/α-hetero) is 1. The summed E-state index contributed by atoms with van der Waals surface area (Å²) in [6.07, 6.45) is 5.25. The minimum absolute atomic E-state index is 0.0134. The predicted molar refractivity (Wildman–Crippen MR) is 123 cm³/mol. The Bertz CT molecular complexity index is 1080. The summed E-state index contributed by atoms with van der Waals surface area (Å²) in [5.74, 6) is -1.17. The van der Waals surface area contributed by atoms with Crippen molar-refractivity contribution in [2.75, 3.05) is 0 Å². The zero-order chi connectivity index (χ0) is 23.4. The lowest BCUT2D eigenvalue weighted by atomic mass is 9.89. The van der Waals surface area contributed by atoms with Crippen molar-refractivity contribution in [1.29, 1.82) is 0 Å². The summed E-state index contributed by atoms with van der Waals surface area (Å²) in [6.45, 7) is 1.65. The Morgan fingerprint density at radius 2 is 1.73 bits per heavy atom. The first-order chi connectivity index (χ1) is 15.9. The summed E-state index contributed by atoms with van der Waals surface area (Å²) < 4.78 is 0. The van der Waals surface area contributed by atoms with E-state index in [-0.39, 0.29) is 18.6 Å². The van der Waals surface area contributed by atoms with Crippen LogP contribution in [0, 0.1) is 0 Å². The Hall–Kier alpha value is -3.48. The van der Waals surface area contributed by atoms with E-state index in [1.54, 1.807) is 6.92 Å². The van der Waals surface area contributed by atoms with E-state index >= 15 is 0 Å². The van der Waals surface area contributed by atoms with Gasteiger partial charge in [-0.3, -0.25) is 19.8 Å². The number of rotatable bonds is 8. The molecule has 2 aliphatic rings. The molecule has 1 aliphatic heterocycles. The number of urea groups is 1. The van der Waals surface area contributed by atoms with Gasteiger partial charge in [-0.05, 0) is 68.2 Å². The summed E-state index contributed by atoms with van der Waals surface area (Å²) in [5.41, 5.74) is 5.44. The molecule has 1 fully saturated rings. The molecular formula is C26H29N3O4. The number of aryl methyl sites for hydroxylation is 3. The van der Waals surface area contributed by atoms with E-state index < -0.39 is 23.4 Å². The molecule has 0 aromatic heterocycles. The first kappa shape index (κ1) is 22.7. The van der Waals surface area contributed by atoms with Crippen LogP contribution in [-0.2, 0) is 28.9 Å². The molecule has 172 valence electrons. The highest BCUT2D eigenvalue weighted by molar-refractivity contribution is 6.08. The highest BCUT2D eigenvalue weighted by atomic mass is 16.2. The lowest BCUT2D eigenvalue weighted by molar-refractivity contribution is -0.138. The van der Waals surface area contributed by atoms with Gasteiger partial charge < -0.3 is 5.32 Å². The second-order valence-electron chi connectivity index (χ2n) is 9.04. The number of amides is 4. The van der Waals surface area contributed by atoms with Gasteiger partial charge in [0.1, 0.15) is 5.54 Å². The van der Waals surface area contributed by atoms with Gasteiger partial charge in [0.25, 0.3) is 5.91 Å². The monoisotopic (exact) mass is 447 g/mol. The van der Waals surface area contributed by atoms with E-state index in [0.29, 0.717) is 18.4 Å². The van der Waals surface area contributed by atoms with Gasteiger partial charge in [0.15, 0.2) is 5.78 Å². The number of imide groups is 1. The maximum absolute atomic E-state index is 12.9. The fourth-order valence-electron chi connectivity index (χ4n) is 4.45. The number of fused-ring (bicyclic) bond motifs is 1. The number of hydrogen-bond acceptors (Lipinski definition) is 4. The predicted octanol–water partition coefficient (Wildman–Crippen LogP) is 3.50. The standard InChI is InChI=1S/C26H29N3O4/c1-26(16-15-18-7-3-2-4-8-18)24(32)29(25(33)27-26)28-23(31)14-13-22(30)21-12-11-19-9-5-6-10-20(19)17-21/h2-4,7-8,11-12,17H,5-6,9-10,13-16H2,1H3,(H,27,33)(H,28,31)/t26-/m1/s1. The van der Waals surface area contributed by atoms with Crippen molar-refractivity contribution in [1.82, 2.24) is 15.8 Å². The average molecular weight is 448 g/mol. The molecular weight excluding hydrogens is 418 g/mol. The molecule has 1 atom stereocenters. The lowest BCUT2D eigenvalue weighted by Gasteiger charge is -2.21. The number of nitrogens with zero attached hydrogens (tertiary/aromatic N) is 1. The van der Waals surface area contributed by atoms with E-state index in [4.69, 9.17) is 0 Å². The minimum atomic E-state index is -1.10. The Kier molecular flexibility index (Phi) is 6.58. The third-order valence-corrected chi connectivity index (χ3v) is 6.50. The van der Waals surface area contributed by atoms with Gasteiger partial charge in [-0.25, -0.2) is 4.79 Å². The van der Waals surface area contributed by atoms with Crippen molar-refractivity contribution in [3.05, 3.63) is 70.8 Å². The molecule has 0 spiro atoms. The smallest absolute Gasteiger partial charge is 0.322 e. The number of carbonyl (C=O) groups is 4. The molecule has 0 saturated carbocycles. The number of nitrogens with one attached hydrogen (secondary N) is 2. The van der Waals surface area contributed by atoms with Gasteiger partial charge in [0.2, 0.25) is 5.91 Å².